The Labute approximate surface area is 258 Å². The van der Waals surface area contributed by atoms with E-state index >= 15 is 0 Å². The quantitative estimate of drug-likeness (QED) is 0.148. The van der Waals surface area contributed by atoms with Crippen molar-refractivity contribution in [3.63, 3.8) is 0 Å². The lowest BCUT2D eigenvalue weighted by Crippen LogP contribution is -1.99. The van der Waals surface area contributed by atoms with Gasteiger partial charge in [-0.2, -0.15) is 0 Å². The summed E-state index contributed by atoms with van der Waals surface area (Å²) in [5, 5.41) is 7.95. The van der Waals surface area contributed by atoms with Gasteiger partial charge in [-0.1, -0.05) is 158 Å². The van der Waals surface area contributed by atoms with E-state index in [1.165, 1.54) is 83.3 Å². The van der Waals surface area contributed by atoms with Gasteiger partial charge in [0.25, 0.3) is 0 Å². The third kappa shape index (κ3) is 3.98. The highest BCUT2D eigenvalue weighted by molar-refractivity contribution is 6.32. The van der Waals surface area contributed by atoms with Crippen molar-refractivity contribution in [3.8, 4) is 33.4 Å². The molecule has 2 aliphatic rings. The molecule has 0 aliphatic heterocycles. The van der Waals surface area contributed by atoms with Crippen LogP contribution in [0.2, 0.25) is 0 Å². The van der Waals surface area contributed by atoms with E-state index < -0.39 is 0 Å². The van der Waals surface area contributed by atoms with Crippen LogP contribution in [0.3, 0.4) is 0 Å². The lowest BCUT2D eigenvalue weighted by atomic mass is 9.77. The van der Waals surface area contributed by atoms with Gasteiger partial charge in [0.2, 0.25) is 0 Å². The molecule has 208 valence electrons. The van der Waals surface area contributed by atoms with Crippen molar-refractivity contribution in [1.82, 2.24) is 0 Å². The first-order valence-corrected chi connectivity index (χ1v) is 15.8. The number of fused-ring (bicyclic) bond motifs is 4. The minimum absolute atomic E-state index is 0.639. The van der Waals surface area contributed by atoms with Crippen LogP contribution in [0.25, 0.3) is 71.3 Å². The molecule has 44 heavy (non-hydrogen) atoms. The first-order valence-electron chi connectivity index (χ1n) is 15.8. The highest BCUT2D eigenvalue weighted by Crippen LogP contribution is 2.54. The minimum Gasteiger partial charge on any atom is -0.0845 e. The number of benzene rings is 7. The van der Waals surface area contributed by atoms with Crippen molar-refractivity contribution >= 4 is 37.9 Å². The number of rotatable bonds is 4. The van der Waals surface area contributed by atoms with Crippen LogP contribution >= 0.6 is 0 Å². The van der Waals surface area contributed by atoms with Crippen molar-refractivity contribution in [3.05, 3.63) is 163 Å². The van der Waals surface area contributed by atoms with Gasteiger partial charge < -0.3 is 0 Å². The molecule has 1 saturated carbocycles. The summed E-state index contributed by atoms with van der Waals surface area (Å²) in [7, 11) is 0. The molecule has 0 spiro atoms. The molecule has 0 radical (unpaired) electrons. The molecule has 0 amide bonds. The van der Waals surface area contributed by atoms with E-state index in [0.717, 1.165) is 6.42 Å². The van der Waals surface area contributed by atoms with E-state index in [1.54, 1.807) is 0 Å². The summed E-state index contributed by atoms with van der Waals surface area (Å²) in [5.41, 5.74) is 10.6. The van der Waals surface area contributed by atoms with Gasteiger partial charge in [0.1, 0.15) is 0 Å². The fourth-order valence-corrected chi connectivity index (χ4v) is 7.70. The first kappa shape index (κ1) is 25.3. The maximum atomic E-state index is 2.61. The molecule has 7 aromatic carbocycles. The van der Waals surface area contributed by atoms with Crippen LogP contribution < -0.4 is 0 Å². The normalized spacial score (nSPS) is 17.4. The van der Waals surface area contributed by atoms with E-state index in [-0.39, 0.29) is 0 Å². The van der Waals surface area contributed by atoms with Crippen molar-refractivity contribution < 1.29 is 0 Å². The molecule has 7 aromatic rings. The fourth-order valence-electron chi connectivity index (χ4n) is 7.70. The third-order valence-corrected chi connectivity index (χ3v) is 9.72. The molecule has 0 heteroatoms. The zero-order valence-corrected chi connectivity index (χ0v) is 24.6. The maximum Gasteiger partial charge on any atom is -0.000151 e. The summed E-state index contributed by atoms with van der Waals surface area (Å²) in [6.45, 7) is 0. The second-order valence-corrected chi connectivity index (χ2v) is 12.3. The van der Waals surface area contributed by atoms with Crippen LogP contribution in [0.1, 0.15) is 18.4 Å². The van der Waals surface area contributed by atoms with Gasteiger partial charge in [0.15, 0.2) is 0 Å². The van der Waals surface area contributed by atoms with Crippen molar-refractivity contribution in [2.75, 3.05) is 0 Å². The molecule has 2 unspecified atom stereocenters. The van der Waals surface area contributed by atoms with Crippen molar-refractivity contribution in [2.45, 2.75) is 12.8 Å². The SMILES string of the molecule is C1=CC2CC2C=C(c2c3ccccc3c(-c3ccccc3)c3c(-c4ccccc4)c4ccccc4c(-c4ccccc4)c23)C1. The molecular weight excluding hydrogens is 528 g/mol. The van der Waals surface area contributed by atoms with E-state index in [1.807, 2.05) is 0 Å². The number of hydrogen-bond acceptors (Lipinski definition) is 0. The zero-order chi connectivity index (χ0) is 29.0. The average molecular weight is 561 g/mol. The van der Waals surface area contributed by atoms with Crippen molar-refractivity contribution in [1.29, 1.82) is 0 Å². The summed E-state index contributed by atoms with van der Waals surface area (Å²) in [5.74, 6) is 1.34. The predicted molar refractivity (Wildman–Crippen MR) is 189 cm³/mol. The molecule has 2 aliphatic carbocycles. The first-order chi connectivity index (χ1) is 21.9. The Balaban J connectivity index is 1.62. The predicted octanol–water partition coefficient (Wildman–Crippen LogP) is 12.1. The van der Waals surface area contributed by atoms with E-state index in [4.69, 9.17) is 0 Å². The Morgan fingerprint density at radius 1 is 0.386 bits per heavy atom. The Morgan fingerprint density at radius 2 is 0.773 bits per heavy atom. The second-order valence-electron chi connectivity index (χ2n) is 12.3. The molecule has 0 N–H and O–H groups in total. The summed E-state index contributed by atoms with van der Waals surface area (Å²) >= 11 is 0. The van der Waals surface area contributed by atoms with Gasteiger partial charge >= 0.3 is 0 Å². The van der Waals surface area contributed by atoms with Gasteiger partial charge in [-0.15, -0.1) is 0 Å². The Hall–Kier alpha value is -5.20. The van der Waals surface area contributed by atoms with Crippen LogP contribution in [0.15, 0.2) is 158 Å². The summed E-state index contributed by atoms with van der Waals surface area (Å²) in [6.07, 6.45) is 9.72. The molecule has 0 nitrogen and oxygen atoms in total. The second kappa shape index (κ2) is 10.2. The maximum absolute atomic E-state index is 2.61. The van der Waals surface area contributed by atoms with Crippen LogP contribution in [-0.4, -0.2) is 0 Å². The molecule has 1 fully saturated rings. The van der Waals surface area contributed by atoms with Gasteiger partial charge in [-0.05, 0) is 102 Å². The summed E-state index contributed by atoms with van der Waals surface area (Å²) in [6, 6.07) is 51.4. The standard InChI is InChI=1S/C44H32/c1-4-15-29(16-5-1)39-35-23-10-11-24-36(35)41(31-19-8-3-9-20-31)44-42(33-22-14-21-32-27-34(32)28-33)38-26-13-12-25-37(38)40(43(39)44)30-17-6-2-7-18-30/h1-21,23-26,28,32,34H,22,27H2. The van der Waals surface area contributed by atoms with Crippen LogP contribution in [0.4, 0.5) is 0 Å². The molecule has 0 bridgehead atoms. The fraction of sp³-hybridized carbons (Fsp3) is 0.0909. The third-order valence-electron chi connectivity index (χ3n) is 9.72. The molecule has 0 aromatic heterocycles. The molecule has 0 saturated heterocycles. The van der Waals surface area contributed by atoms with E-state index in [9.17, 15) is 0 Å². The van der Waals surface area contributed by atoms with Gasteiger partial charge in [-0.3, -0.25) is 0 Å². The van der Waals surface area contributed by atoms with Crippen LogP contribution in [0.5, 0.6) is 0 Å². The van der Waals surface area contributed by atoms with E-state index in [0.29, 0.717) is 11.8 Å². The topological polar surface area (TPSA) is 0 Å². The molecular formula is C44H32. The Bertz CT molecular complexity index is 2210. The zero-order valence-electron chi connectivity index (χ0n) is 24.6. The average Bonchev–Trinajstić information content (AvgIpc) is 3.86. The van der Waals surface area contributed by atoms with Gasteiger partial charge in [0, 0.05) is 0 Å². The summed E-state index contributed by atoms with van der Waals surface area (Å²) < 4.78 is 0. The summed E-state index contributed by atoms with van der Waals surface area (Å²) in [4.78, 5) is 0. The van der Waals surface area contributed by atoms with Crippen LogP contribution in [-0.2, 0) is 0 Å². The number of hydrogen-bond donors (Lipinski definition) is 0. The van der Waals surface area contributed by atoms with Crippen molar-refractivity contribution in [2.24, 2.45) is 11.8 Å². The molecule has 9 rings (SSSR count). The van der Waals surface area contributed by atoms with Gasteiger partial charge in [0.05, 0.1) is 0 Å². The lowest BCUT2D eigenvalue weighted by Gasteiger charge is -2.26. The smallest absolute Gasteiger partial charge is 0.000151 e. The Morgan fingerprint density at radius 3 is 1.23 bits per heavy atom. The number of allylic oxidation sites excluding steroid dienone is 4. The molecule has 0 heterocycles. The lowest BCUT2D eigenvalue weighted by molar-refractivity contribution is 1.00. The highest BCUT2D eigenvalue weighted by Gasteiger charge is 2.35. The molecule has 2 atom stereocenters. The highest BCUT2D eigenvalue weighted by atomic mass is 14.4. The monoisotopic (exact) mass is 560 g/mol. The van der Waals surface area contributed by atoms with E-state index in [2.05, 4.69) is 158 Å². The van der Waals surface area contributed by atoms with Crippen LogP contribution in [0, 0.1) is 11.8 Å². The Kier molecular flexibility index (Phi) is 5.87. The minimum atomic E-state index is 0.639. The largest absolute Gasteiger partial charge is 0.0845 e. The van der Waals surface area contributed by atoms with Gasteiger partial charge in [-0.25, -0.2) is 0 Å².